The van der Waals surface area contributed by atoms with Crippen molar-refractivity contribution < 1.29 is 8.42 Å². The summed E-state index contributed by atoms with van der Waals surface area (Å²) in [5.41, 5.74) is 1.45. The molecule has 0 spiro atoms. The first-order chi connectivity index (χ1) is 13.6. The summed E-state index contributed by atoms with van der Waals surface area (Å²) in [6.07, 6.45) is 3.51. The van der Waals surface area contributed by atoms with Crippen LogP contribution in [0.5, 0.6) is 0 Å². The first-order valence-corrected chi connectivity index (χ1v) is 11.6. The van der Waals surface area contributed by atoms with E-state index in [1.807, 2.05) is 19.1 Å². The predicted octanol–water partition coefficient (Wildman–Crippen LogP) is 3.76. The molecule has 7 heteroatoms. The van der Waals surface area contributed by atoms with Crippen LogP contribution >= 0.6 is 24.0 Å². The maximum absolute atomic E-state index is 12.4. The number of rotatable bonds is 8. The Kier molecular flexibility index (Phi) is 8.95. The van der Waals surface area contributed by atoms with Crippen molar-refractivity contribution in [2.75, 3.05) is 25.4 Å². The van der Waals surface area contributed by atoms with Gasteiger partial charge in [0.15, 0.2) is 15.8 Å². The lowest BCUT2D eigenvalue weighted by Gasteiger charge is -2.41. The summed E-state index contributed by atoms with van der Waals surface area (Å²) >= 11 is 0. The molecule has 2 aromatic rings. The zero-order chi connectivity index (χ0) is 19.9. The van der Waals surface area contributed by atoms with Gasteiger partial charge in [-0.1, -0.05) is 55.0 Å². The summed E-state index contributed by atoms with van der Waals surface area (Å²) in [5.74, 6) is 0.707. The summed E-state index contributed by atoms with van der Waals surface area (Å²) in [7, 11) is -3.30. The molecule has 0 saturated heterocycles. The lowest BCUT2D eigenvalue weighted by atomic mass is 9.64. The number of benzene rings is 2. The number of hydrogen-bond acceptors (Lipinski definition) is 3. The van der Waals surface area contributed by atoms with Gasteiger partial charge in [-0.05, 0) is 37.5 Å². The number of aliphatic imine (C=N–C) groups is 1. The molecule has 0 radical (unpaired) electrons. The Morgan fingerprint density at radius 3 is 2.17 bits per heavy atom. The van der Waals surface area contributed by atoms with Crippen LogP contribution in [0.2, 0.25) is 0 Å². The molecular formula is C22H30IN3O2S. The molecule has 0 aromatic heterocycles. The molecule has 0 bridgehead atoms. The number of hydrogen-bond donors (Lipinski definition) is 2. The molecule has 0 amide bonds. The van der Waals surface area contributed by atoms with Gasteiger partial charge in [-0.15, -0.1) is 24.0 Å². The summed E-state index contributed by atoms with van der Waals surface area (Å²) in [4.78, 5) is 5.13. The third-order valence-corrected chi connectivity index (χ3v) is 7.08. The number of halogens is 1. The quantitative estimate of drug-likeness (QED) is 0.312. The molecule has 0 unspecified atom stereocenters. The van der Waals surface area contributed by atoms with Gasteiger partial charge in [-0.2, -0.15) is 0 Å². The highest BCUT2D eigenvalue weighted by Crippen LogP contribution is 2.43. The summed E-state index contributed by atoms with van der Waals surface area (Å²) in [5, 5.41) is 6.40. The Morgan fingerprint density at radius 2 is 1.62 bits per heavy atom. The number of nitrogens with one attached hydrogen (secondary N) is 2. The van der Waals surface area contributed by atoms with E-state index in [1.165, 1.54) is 12.0 Å². The van der Waals surface area contributed by atoms with Gasteiger partial charge >= 0.3 is 0 Å². The van der Waals surface area contributed by atoms with Crippen molar-refractivity contribution in [1.82, 2.24) is 10.6 Å². The molecule has 0 atom stereocenters. The second-order valence-corrected chi connectivity index (χ2v) is 9.36. The van der Waals surface area contributed by atoms with Gasteiger partial charge in [0.25, 0.3) is 0 Å². The van der Waals surface area contributed by atoms with Crippen LogP contribution in [0.4, 0.5) is 0 Å². The van der Waals surface area contributed by atoms with Crippen molar-refractivity contribution in [2.45, 2.75) is 36.5 Å². The molecule has 29 heavy (non-hydrogen) atoms. The van der Waals surface area contributed by atoms with Gasteiger partial charge in [0.2, 0.25) is 0 Å². The molecule has 5 nitrogen and oxygen atoms in total. The van der Waals surface area contributed by atoms with Crippen molar-refractivity contribution in [3.63, 3.8) is 0 Å². The SMILES string of the molecule is CCNC(=NCC1(c2ccccc2)CCC1)NCCS(=O)(=O)c1ccccc1.I. The predicted molar refractivity (Wildman–Crippen MR) is 130 cm³/mol. The van der Waals surface area contributed by atoms with Gasteiger partial charge in [0, 0.05) is 18.5 Å². The van der Waals surface area contributed by atoms with E-state index in [0.717, 1.165) is 19.4 Å². The maximum atomic E-state index is 12.4. The highest BCUT2D eigenvalue weighted by atomic mass is 127. The van der Waals surface area contributed by atoms with Crippen LogP contribution in [-0.4, -0.2) is 39.8 Å². The monoisotopic (exact) mass is 527 g/mol. The molecule has 1 aliphatic carbocycles. The average molecular weight is 527 g/mol. The van der Waals surface area contributed by atoms with E-state index in [4.69, 9.17) is 4.99 Å². The zero-order valence-electron chi connectivity index (χ0n) is 16.8. The van der Waals surface area contributed by atoms with E-state index in [2.05, 4.69) is 34.9 Å². The van der Waals surface area contributed by atoms with Crippen LogP contribution < -0.4 is 10.6 Å². The first kappa shape index (κ1) is 23.7. The van der Waals surface area contributed by atoms with Crippen LogP contribution in [0.15, 0.2) is 70.6 Å². The lowest BCUT2D eigenvalue weighted by molar-refractivity contribution is 0.253. The third-order valence-electron chi connectivity index (χ3n) is 5.35. The van der Waals surface area contributed by atoms with Crippen molar-refractivity contribution in [3.8, 4) is 0 Å². The Labute approximate surface area is 191 Å². The highest BCUT2D eigenvalue weighted by molar-refractivity contribution is 14.0. The molecule has 2 aromatic carbocycles. The summed E-state index contributed by atoms with van der Waals surface area (Å²) in [6, 6.07) is 19.1. The van der Waals surface area contributed by atoms with Crippen molar-refractivity contribution in [3.05, 3.63) is 66.2 Å². The Morgan fingerprint density at radius 1 is 1.00 bits per heavy atom. The van der Waals surface area contributed by atoms with Crippen molar-refractivity contribution in [2.24, 2.45) is 4.99 Å². The highest BCUT2D eigenvalue weighted by Gasteiger charge is 2.38. The number of sulfone groups is 1. The molecule has 2 N–H and O–H groups in total. The Bertz CT molecular complexity index is 883. The Balaban J connectivity index is 0.00000300. The molecule has 3 rings (SSSR count). The average Bonchev–Trinajstić information content (AvgIpc) is 2.68. The van der Waals surface area contributed by atoms with E-state index >= 15 is 0 Å². The fourth-order valence-electron chi connectivity index (χ4n) is 3.55. The van der Waals surface area contributed by atoms with Gasteiger partial charge in [-0.25, -0.2) is 8.42 Å². The number of guanidine groups is 1. The molecular weight excluding hydrogens is 497 g/mol. The zero-order valence-corrected chi connectivity index (χ0v) is 20.0. The molecule has 1 fully saturated rings. The maximum Gasteiger partial charge on any atom is 0.191 e. The van der Waals surface area contributed by atoms with E-state index in [-0.39, 0.29) is 35.1 Å². The van der Waals surface area contributed by atoms with Gasteiger partial charge in [0.1, 0.15) is 0 Å². The normalized spacial score (nSPS) is 15.7. The minimum atomic E-state index is -3.30. The summed E-state index contributed by atoms with van der Waals surface area (Å²) < 4.78 is 24.9. The van der Waals surface area contributed by atoms with E-state index < -0.39 is 9.84 Å². The topological polar surface area (TPSA) is 70.6 Å². The van der Waals surface area contributed by atoms with Gasteiger partial charge < -0.3 is 10.6 Å². The minimum Gasteiger partial charge on any atom is -0.357 e. The van der Waals surface area contributed by atoms with Crippen molar-refractivity contribution >= 4 is 39.8 Å². The van der Waals surface area contributed by atoms with E-state index in [0.29, 0.717) is 23.9 Å². The summed E-state index contributed by atoms with van der Waals surface area (Å²) in [6.45, 7) is 3.77. The van der Waals surface area contributed by atoms with Crippen LogP contribution in [0.1, 0.15) is 31.7 Å². The molecule has 0 heterocycles. The lowest BCUT2D eigenvalue weighted by Crippen LogP contribution is -2.42. The number of nitrogens with zero attached hydrogens (tertiary/aromatic N) is 1. The Hall–Kier alpha value is -1.61. The van der Waals surface area contributed by atoms with Crippen LogP contribution in [0.3, 0.4) is 0 Å². The second-order valence-electron chi connectivity index (χ2n) is 7.25. The van der Waals surface area contributed by atoms with Gasteiger partial charge in [-0.3, -0.25) is 4.99 Å². The van der Waals surface area contributed by atoms with Crippen LogP contribution in [-0.2, 0) is 15.3 Å². The van der Waals surface area contributed by atoms with Gasteiger partial charge in [0.05, 0.1) is 17.2 Å². The fourth-order valence-corrected chi connectivity index (χ4v) is 4.73. The molecule has 1 saturated carbocycles. The largest absolute Gasteiger partial charge is 0.357 e. The van der Waals surface area contributed by atoms with Crippen LogP contribution in [0, 0.1) is 0 Å². The molecule has 0 aliphatic heterocycles. The van der Waals surface area contributed by atoms with Crippen LogP contribution in [0.25, 0.3) is 0 Å². The van der Waals surface area contributed by atoms with Crippen molar-refractivity contribution in [1.29, 1.82) is 0 Å². The van der Waals surface area contributed by atoms with E-state index in [1.54, 1.807) is 24.3 Å². The molecule has 158 valence electrons. The fraction of sp³-hybridized carbons (Fsp3) is 0.409. The first-order valence-electron chi connectivity index (χ1n) is 9.91. The third kappa shape index (κ3) is 6.18. The van der Waals surface area contributed by atoms with E-state index in [9.17, 15) is 8.42 Å². The smallest absolute Gasteiger partial charge is 0.191 e. The second kappa shape index (κ2) is 11.0. The molecule has 1 aliphatic rings. The minimum absolute atomic E-state index is 0. The standard InChI is InChI=1S/C22H29N3O2S.HI/c1-2-23-21(24-16-17-28(26,27)20-12-7-4-8-13-20)25-18-22(14-9-15-22)19-10-5-3-6-11-19;/h3-8,10-13H,2,9,14-18H2,1H3,(H2,23,24,25);1H.